The molecule has 29 heavy (non-hydrogen) atoms. The minimum Gasteiger partial charge on any atom is -0.382 e. The summed E-state index contributed by atoms with van der Waals surface area (Å²) in [6.45, 7) is 0. The standard InChI is InChI=1S/C21H18ClFN4O2/c1-27-10-9-24-20(27)19(13-5-7-15(22)8-6-13)25-21(28)18-12-17(26-29-18)14-3-2-4-16(23)11-14/h2-11,18-19H,12H2,1H3,(H,25,28)/t18-,19+/m0/s1. The van der Waals surface area contributed by atoms with Crippen LogP contribution in [0.1, 0.15) is 29.4 Å². The summed E-state index contributed by atoms with van der Waals surface area (Å²) in [5, 5.41) is 7.56. The van der Waals surface area contributed by atoms with Crippen LogP contribution in [-0.4, -0.2) is 27.3 Å². The lowest BCUT2D eigenvalue weighted by Gasteiger charge is -2.20. The molecule has 0 aliphatic carbocycles. The molecule has 1 aromatic heterocycles. The maximum Gasteiger partial charge on any atom is 0.265 e. The number of oxime groups is 1. The van der Waals surface area contributed by atoms with Crippen molar-refractivity contribution in [3.63, 3.8) is 0 Å². The molecule has 2 atom stereocenters. The van der Waals surface area contributed by atoms with Gasteiger partial charge in [-0.05, 0) is 29.8 Å². The zero-order valence-electron chi connectivity index (χ0n) is 15.5. The minimum absolute atomic E-state index is 0.253. The van der Waals surface area contributed by atoms with Gasteiger partial charge in [0, 0.05) is 36.4 Å². The lowest BCUT2D eigenvalue weighted by Crippen LogP contribution is -2.38. The number of rotatable bonds is 5. The second-order valence-electron chi connectivity index (χ2n) is 6.74. The summed E-state index contributed by atoms with van der Waals surface area (Å²) in [7, 11) is 1.86. The SMILES string of the molecule is Cn1ccnc1[C@H](NC(=O)[C@@H]1CC(c2cccc(F)c2)=NO1)c1ccc(Cl)cc1. The molecule has 0 saturated heterocycles. The van der Waals surface area contributed by atoms with E-state index in [1.807, 2.05) is 29.9 Å². The largest absolute Gasteiger partial charge is 0.382 e. The molecule has 0 saturated carbocycles. The molecule has 1 aliphatic heterocycles. The van der Waals surface area contributed by atoms with Gasteiger partial charge >= 0.3 is 0 Å². The van der Waals surface area contributed by atoms with E-state index in [0.29, 0.717) is 22.1 Å². The fourth-order valence-corrected chi connectivity index (χ4v) is 3.33. The highest BCUT2D eigenvalue weighted by molar-refractivity contribution is 6.30. The van der Waals surface area contributed by atoms with Crippen LogP contribution in [0.5, 0.6) is 0 Å². The number of hydrogen-bond acceptors (Lipinski definition) is 4. The van der Waals surface area contributed by atoms with Gasteiger partial charge in [0.05, 0.1) is 5.71 Å². The maximum absolute atomic E-state index is 13.5. The van der Waals surface area contributed by atoms with Crippen LogP contribution in [-0.2, 0) is 16.7 Å². The lowest BCUT2D eigenvalue weighted by molar-refractivity contribution is -0.131. The number of imidazole rings is 1. The van der Waals surface area contributed by atoms with Gasteiger partial charge in [-0.15, -0.1) is 0 Å². The Balaban J connectivity index is 1.52. The van der Waals surface area contributed by atoms with Gasteiger partial charge in [0.2, 0.25) is 6.10 Å². The van der Waals surface area contributed by atoms with Crippen LogP contribution >= 0.6 is 11.6 Å². The third kappa shape index (κ3) is 4.14. The summed E-state index contributed by atoms with van der Waals surface area (Å²) >= 11 is 6.00. The predicted octanol–water partition coefficient (Wildman–Crippen LogP) is 3.61. The number of hydrogen-bond donors (Lipinski definition) is 1. The number of benzene rings is 2. The van der Waals surface area contributed by atoms with Gasteiger partial charge in [-0.3, -0.25) is 4.79 Å². The number of aromatic nitrogens is 2. The molecule has 0 radical (unpaired) electrons. The van der Waals surface area contributed by atoms with Crippen LogP contribution in [0.3, 0.4) is 0 Å². The molecule has 148 valence electrons. The normalized spacial score (nSPS) is 16.8. The molecule has 3 aromatic rings. The van der Waals surface area contributed by atoms with Crippen molar-refractivity contribution in [2.75, 3.05) is 0 Å². The van der Waals surface area contributed by atoms with Crippen molar-refractivity contribution in [3.8, 4) is 0 Å². The van der Waals surface area contributed by atoms with Gasteiger partial charge in [0.1, 0.15) is 17.7 Å². The van der Waals surface area contributed by atoms with E-state index in [4.69, 9.17) is 16.4 Å². The highest BCUT2D eigenvalue weighted by Crippen LogP contribution is 2.24. The van der Waals surface area contributed by atoms with Crippen LogP contribution in [0.2, 0.25) is 5.02 Å². The number of halogens is 2. The van der Waals surface area contributed by atoms with Crippen LogP contribution in [0.25, 0.3) is 0 Å². The Morgan fingerprint density at radius 2 is 2.10 bits per heavy atom. The number of carbonyl (C=O) groups is 1. The van der Waals surface area contributed by atoms with Crippen molar-refractivity contribution in [1.82, 2.24) is 14.9 Å². The van der Waals surface area contributed by atoms with Crippen molar-refractivity contribution in [3.05, 3.63) is 88.7 Å². The first-order valence-corrected chi connectivity index (χ1v) is 9.41. The maximum atomic E-state index is 13.5. The number of aryl methyl sites for hydroxylation is 1. The Hall–Kier alpha value is -3.19. The molecule has 0 spiro atoms. The Morgan fingerprint density at radius 3 is 2.79 bits per heavy atom. The summed E-state index contributed by atoms with van der Waals surface area (Å²) in [5.41, 5.74) is 1.96. The Bertz CT molecular complexity index is 1060. The number of nitrogens with one attached hydrogen (secondary N) is 1. The third-order valence-corrected chi connectivity index (χ3v) is 4.98. The van der Waals surface area contributed by atoms with Gasteiger partial charge in [-0.25, -0.2) is 9.37 Å². The quantitative estimate of drug-likeness (QED) is 0.696. The molecule has 2 heterocycles. The lowest BCUT2D eigenvalue weighted by atomic mass is 10.0. The first-order valence-electron chi connectivity index (χ1n) is 9.03. The highest BCUT2D eigenvalue weighted by atomic mass is 35.5. The fourth-order valence-electron chi connectivity index (χ4n) is 3.20. The third-order valence-electron chi connectivity index (χ3n) is 4.73. The van der Waals surface area contributed by atoms with Crippen LogP contribution in [0, 0.1) is 5.82 Å². The molecule has 4 rings (SSSR count). The average molecular weight is 413 g/mol. The van der Waals surface area contributed by atoms with Crippen LogP contribution < -0.4 is 5.32 Å². The first kappa shape index (κ1) is 19.1. The van der Waals surface area contributed by atoms with E-state index >= 15 is 0 Å². The van der Waals surface area contributed by atoms with E-state index in [1.165, 1.54) is 12.1 Å². The van der Waals surface area contributed by atoms with E-state index in [0.717, 1.165) is 5.56 Å². The molecule has 1 amide bonds. The molecular weight excluding hydrogens is 395 g/mol. The molecule has 8 heteroatoms. The van der Waals surface area contributed by atoms with Crippen molar-refractivity contribution in [2.24, 2.45) is 12.2 Å². The van der Waals surface area contributed by atoms with Crippen molar-refractivity contribution in [2.45, 2.75) is 18.6 Å². The monoisotopic (exact) mass is 412 g/mol. The Kier molecular flexibility index (Phi) is 5.31. The van der Waals surface area contributed by atoms with Gasteiger partial charge in [-0.2, -0.15) is 0 Å². The van der Waals surface area contributed by atoms with E-state index in [9.17, 15) is 9.18 Å². The smallest absolute Gasteiger partial charge is 0.265 e. The van der Waals surface area contributed by atoms with Crippen molar-refractivity contribution < 1.29 is 14.0 Å². The van der Waals surface area contributed by atoms with Gasteiger partial charge in [-0.1, -0.05) is 41.0 Å². The number of carbonyl (C=O) groups excluding carboxylic acids is 1. The molecule has 6 nitrogen and oxygen atoms in total. The van der Waals surface area contributed by atoms with Crippen molar-refractivity contribution >= 4 is 23.2 Å². The zero-order chi connectivity index (χ0) is 20.4. The molecule has 2 aromatic carbocycles. The molecule has 1 aliphatic rings. The van der Waals surface area contributed by atoms with Crippen LogP contribution in [0.15, 0.2) is 66.1 Å². The zero-order valence-corrected chi connectivity index (χ0v) is 16.3. The summed E-state index contributed by atoms with van der Waals surface area (Å²) in [4.78, 5) is 22.6. The molecule has 1 N–H and O–H groups in total. The van der Waals surface area contributed by atoms with Gasteiger partial charge in [0.15, 0.2) is 0 Å². The minimum atomic E-state index is -0.802. The van der Waals surface area contributed by atoms with Gasteiger partial charge < -0.3 is 14.7 Å². The molecule has 0 unspecified atom stereocenters. The average Bonchev–Trinajstić information content (AvgIpc) is 3.36. The second-order valence-corrected chi connectivity index (χ2v) is 7.17. The van der Waals surface area contributed by atoms with Gasteiger partial charge in [0.25, 0.3) is 5.91 Å². The summed E-state index contributed by atoms with van der Waals surface area (Å²) in [6, 6.07) is 12.8. The van der Waals surface area contributed by atoms with Crippen LogP contribution in [0.4, 0.5) is 4.39 Å². The van der Waals surface area contributed by atoms with Crippen molar-refractivity contribution in [1.29, 1.82) is 0 Å². The predicted molar refractivity (Wildman–Crippen MR) is 107 cm³/mol. The number of nitrogens with zero attached hydrogens (tertiary/aromatic N) is 3. The van der Waals surface area contributed by atoms with E-state index in [-0.39, 0.29) is 18.1 Å². The van der Waals surface area contributed by atoms with E-state index in [2.05, 4.69) is 15.5 Å². The molecule has 0 fully saturated rings. The Labute approximate surface area is 172 Å². The highest BCUT2D eigenvalue weighted by Gasteiger charge is 2.32. The number of amides is 1. The van der Waals surface area contributed by atoms with E-state index < -0.39 is 12.1 Å². The first-order chi connectivity index (χ1) is 14.0. The fraction of sp³-hybridized carbons (Fsp3) is 0.190. The van der Waals surface area contributed by atoms with E-state index in [1.54, 1.807) is 30.5 Å². The summed E-state index contributed by atoms with van der Waals surface area (Å²) < 4.78 is 15.3. The molecule has 0 bridgehead atoms. The summed E-state index contributed by atoms with van der Waals surface area (Å²) in [6.07, 6.45) is 2.93. The second kappa shape index (κ2) is 8.05. The molecular formula is C21H18ClFN4O2. The summed E-state index contributed by atoms with van der Waals surface area (Å²) in [5.74, 6) is -0.0243. The Morgan fingerprint density at radius 1 is 1.31 bits per heavy atom. The topological polar surface area (TPSA) is 68.5 Å².